The van der Waals surface area contributed by atoms with Crippen LogP contribution in [0.2, 0.25) is 0 Å². The van der Waals surface area contributed by atoms with Crippen LogP contribution in [0.3, 0.4) is 0 Å². The molecular weight excluding hydrogens is 300 g/mol. The first-order valence-electron chi connectivity index (χ1n) is 6.77. The Morgan fingerprint density at radius 1 is 1.23 bits per heavy atom. The smallest absolute Gasteiger partial charge is 0.248 e. The Kier molecular flexibility index (Phi) is 3.85. The van der Waals surface area contributed by atoms with Crippen LogP contribution in [0.1, 0.15) is 10.4 Å². The van der Waals surface area contributed by atoms with E-state index in [1.54, 1.807) is 37.5 Å². The molecule has 22 heavy (non-hydrogen) atoms. The number of aliphatic imine (C=N–C) groups is 1. The zero-order valence-electron chi connectivity index (χ0n) is 12.6. The van der Waals surface area contributed by atoms with Crippen molar-refractivity contribution in [3.8, 4) is 11.5 Å². The molecule has 0 spiro atoms. The van der Waals surface area contributed by atoms with E-state index >= 15 is 0 Å². The predicted molar refractivity (Wildman–Crippen MR) is 87.8 cm³/mol. The number of hydrogen-bond acceptors (Lipinski definition) is 5. The zero-order chi connectivity index (χ0) is 15.7. The van der Waals surface area contributed by atoms with Gasteiger partial charge in [-0.3, -0.25) is 9.79 Å². The molecule has 0 radical (unpaired) electrons. The highest BCUT2D eigenvalue weighted by molar-refractivity contribution is 7.12. The van der Waals surface area contributed by atoms with E-state index in [1.165, 1.54) is 0 Å². The van der Waals surface area contributed by atoms with Crippen LogP contribution in [0.4, 0.5) is 5.69 Å². The fraction of sp³-hybridized carbons (Fsp3) is 0.250. The quantitative estimate of drug-likeness (QED) is 0.874. The van der Waals surface area contributed by atoms with Crippen LogP contribution >= 0.6 is 11.3 Å². The Morgan fingerprint density at radius 2 is 1.95 bits per heavy atom. The van der Waals surface area contributed by atoms with Crippen molar-refractivity contribution in [2.45, 2.75) is 0 Å². The number of likely N-dealkylation sites (N-methyl/N-ethyl adjacent to an activating group) is 1. The molecule has 3 rings (SSSR count). The Morgan fingerprint density at radius 3 is 2.59 bits per heavy atom. The molecule has 0 unspecified atom stereocenters. The maximum absolute atomic E-state index is 12.2. The van der Waals surface area contributed by atoms with Crippen LogP contribution in [0.15, 0.2) is 34.6 Å². The molecule has 0 bridgehead atoms. The van der Waals surface area contributed by atoms with Crippen LogP contribution in [0, 0.1) is 0 Å². The van der Waals surface area contributed by atoms with Crippen molar-refractivity contribution in [1.82, 2.24) is 0 Å². The minimum Gasteiger partial charge on any atom is -0.493 e. The van der Waals surface area contributed by atoms with E-state index in [9.17, 15) is 4.79 Å². The lowest BCUT2D eigenvalue weighted by Gasteiger charge is -2.20. The number of methoxy groups -OCH3 is 2. The predicted octanol–water partition coefficient (Wildman–Crippen LogP) is 2.58. The molecule has 0 atom stereocenters. The number of hydrogen-bond donors (Lipinski definition) is 0. The molecule has 6 heteroatoms. The molecule has 0 N–H and O–H groups in total. The molecule has 2 aromatic rings. The van der Waals surface area contributed by atoms with Crippen molar-refractivity contribution in [1.29, 1.82) is 0 Å². The second kappa shape index (κ2) is 5.81. The second-order valence-electron chi connectivity index (χ2n) is 4.82. The Bertz CT molecular complexity index is 738. The summed E-state index contributed by atoms with van der Waals surface area (Å²) < 4.78 is 10.7. The summed E-state index contributed by atoms with van der Waals surface area (Å²) in [5, 5.41) is 1.99. The highest BCUT2D eigenvalue weighted by Crippen LogP contribution is 2.37. The summed E-state index contributed by atoms with van der Waals surface area (Å²) in [6, 6.07) is 7.67. The van der Waals surface area contributed by atoms with Crippen molar-refractivity contribution < 1.29 is 14.3 Å². The fourth-order valence-corrected chi connectivity index (χ4v) is 3.18. The summed E-state index contributed by atoms with van der Waals surface area (Å²) in [7, 11) is 4.93. The standard InChI is InChI=1S/C16H16N2O3S/c1-18-11-8-13(21-3)12(20-2)7-10(11)16(17-9-15(18)19)14-5-4-6-22-14/h4-8H,9H2,1-3H3. The van der Waals surface area contributed by atoms with Crippen LogP contribution in [0.5, 0.6) is 11.5 Å². The second-order valence-corrected chi connectivity index (χ2v) is 5.77. The highest BCUT2D eigenvalue weighted by Gasteiger charge is 2.25. The summed E-state index contributed by atoms with van der Waals surface area (Å²) in [5.74, 6) is 1.15. The molecule has 2 heterocycles. The molecule has 0 saturated heterocycles. The van der Waals surface area contributed by atoms with Gasteiger partial charge >= 0.3 is 0 Å². The van der Waals surface area contributed by atoms with Crippen LogP contribution < -0.4 is 14.4 Å². The summed E-state index contributed by atoms with van der Waals surface area (Å²) >= 11 is 1.60. The number of benzodiazepines with no additional fused rings is 1. The summed E-state index contributed by atoms with van der Waals surface area (Å²) in [4.78, 5) is 19.3. The third-order valence-corrected chi connectivity index (χ3v) is 4.50. The maximum Gasteiger partial charge on any atom is 0.248 e. The molecule has 1 aliphatic heterocycles. The number of nitrogens with zero attached hydrogens (tertiary/aromatic N) is 2. The van der Waals surface area contributed by atoms with Crippen molar-refractivity contribution in [2.24, 2.45) is 4.99 Å². The lowest BCUT2D eigenvalue weighted by molar-refractivity contribution is -0.116. The van der Waals surface area contributed by atoms with Gasteiger partial charge in [-0.25, -0.2) is 0 Å². The molecule has 5 nitrogen and oxygen atoms in total. The van der Waals surface area contributed by atoms with Gasteiger partial charge in [0.25, 0.3) is 0 Å². The Hall–Kier alpha value is -2.34. The molecule has 0 aliphatic carbocycles. The van der Waals surface area contributed by atoms with E-state index in [0.717, 1.165) is 21.8 Å². The highest BCUT2D eigenvalue weighted by atomic mass is 32.1. The molecule has 1 amide bonds. The topological polar surface area (TPSA) is 51.1 Å². The number of carbonyl (C=O) groups is 1. The molecule has 114 valence electrons. The average Bonchev–Trinajstić information content (AvgIpc) is 3.04. The van der Waals surface area contributed by atoms with Crippen LogP contribution in [0.25, 0.3) is 0 Å². The first kappa shape index (κ1) is 14.6. The van der Waals surface area contributed by atoms with E-state index in [2.05, 4.69) is 4.99 Å². The van der Waals surface area contributed by atoms with E-state index in [1.807, 2.05) is 29.6 Å². The van der Waals surface area contributed by atoms with Crippen molar-refractivity contribution in [3.05, 3.63) is 40.1 Å². The van der Waals surface area contributed by atoms with Crippen molar-refractivity contribution >= 4 is 28.6 Å². The summed E-state index contributed by atoms with van der Waals surface area (Å²) in [6.45, 7) is 0.128. The maximum atomic E-state index is 12.2. The molecule has 0 saturated carbocycles. The fourth-order valence-electron chi connectivity index (χ4n) is 2.43. The van der Waals surface area contributed by atoms with Gasteiger partial charge in [0.1, 0.15) is 6.54 Å². The number of carbonyl (C=O) groups excluding carboxylic acids is 1. The van der Waals surface area contributed by atoms with E-state index in [-0.39, 0.29) is 12.5 Å². The zero-order valence-corrected chi connectivity index (χ0v) is 13.4. The van der Waals surface area contributed by atoms with Gasteiger partial charge in [-0.1, -0.05) is 6.07 Å². The molecular formula is C16H16N2O3S. The number of benzene rings is 1. The number of thiophene rings is 1. The van der Waals surface area contributed by atoms with Crippen LogP contribution in [-0.2, 0) is 4.79 Å². The lowest BCUT2D eigenvalue weighted by atomic mass is 10.0. The van der Waals surface area contributed by atoms with Gasteiger partial charge in [-0.2, -0.15) is 0 Å². The number of amides is 1. The third-order valence-electron chi connectivity index (χ3n) is 3.62. The first-order chi connectivity index (χ1) is 10.7. The summed E-state index contributed by atoms with van der Waals surface area (Å²) in [5.41, 5.74) is 2.45. The van der Waals surface area contributed by atoms with Gasteiger partial charge in [0.2, 0.25) is 5.91 Å². The minimum absolute atomic E-state index is 0.0555. The molecule has 1 aromatic carbocycles. The van der Waals surface area contributed by atoms with Gasteiger partial charge in [0.15, 0.2) is 11.5 Å². The van der Waals surface area contributed by atoms with E-state index in [0.29, 0.717) is 11.5 Å². The van der Waals surface area contributed by atoms with Crippen molar-refractivity contribution in [3.63, 3.8) is 0 Å². The average molecular weight is 316 g/mol. The number of fused-ring (bicyclic) bond motifs is 1. The van der Waals surface area contributed by atoms with Gasteiger partial charge in [-0.15, -0.1) is 11.3 Å². The number of anilines is 1. The third kappa shape index (κ3) is 2.35. The monoisotopic (exact) mass is 316 g/mol. The largest absolute Gasteiger partial charge is 0.493 e. The molecule has 0 fully saturated rings. The van der Waals surface area contributed by atoms with Crippen LogP contribution in [-0.4, -0.2) is 39.4 Å². The van der Waals surface area contributed by atoms with Gasteiger partial charge in [0.05, 0.1) is 30.5 Å². The number of ether oxygens (including phenoxy) is 2. The van der Waals surface area contributed by atoms with E-state index in [4.69, 9.17) is 9.47 Å². The first-order valence-corrected chi connectivity index (χ1v) is 7.65. The van der Waals surface area contributed by atoms with Gasteiger partial charge in [0, 0.05) is 18.7 Å². The Labute approximate surface area is 132 Å². The minimum atomic E-state index is -0.0555. The van der Waals surface area contributed by atoms with E-state index < -0.39 is 0 Å². The molecule has 1 aromatic heterocycles. The molecule has 1 aliphatic rings. The normalized spacial score (nSPS) is 14.2. The lowest BCUT2D eigenvalue weighted by Crippen LogP contribution is -2.27. The van der Waals surface area contributed by atoms with Gasteiger partial charge in [-0.05, 0) is 17.5 Å². The number of rotatable bonds is 3. The van der Waals surface area contributed by atoms with Crippen molar-refractivity contribution in [2.75, 3.05) is 32.7 Å². The summed E-state index contributed by atoms with van der Waals surface area (Å²) in [6.07, 6.45) is 0. The SMILES string of the molecule is COc1cc2c(cc1OC)N(C)C(=O)CN=C2c1cccs1. The Balaban J connectivity index is 2.25. The van der Waals surface area contributed by atoms with Gasteiger partial charge < -0.3 is 14.4 Å².